The topological polar surface area (TPSA) is 80.2 Å². The van der Waals surface area contributed by atoms with E-state index in [-0.39, 0.29) is 18.2 Å². The lowest BCUT2D eigenvalue weighted by atomic mass is 10.1. The van der Waals surface area contributed by atoms with E-state index in [0.717, 1.165) is 16.8 Å². The number of hydrogen-bond acceptors (Lipinski definition) is 6. The first kappa shape index (κ1) is 22.7. The van der Waals surface area contributed by atoms with Crippen LogP contribution in [0.4, 0.5) is 11.4 Å². The molecule has 0 bridgehead atoms. The second-order valence-electron chi connectivity index (χ2n) is 7.25. The molecule has 0 saturated carbocycles. The zero-order valence-corrected chi connectivity index (χ0v) is 19.2. The van der Waals surface area contributed by atoms with Crippen LogP contribution >= 0.6 is 11.8 Å². The number of carbonyl (C=O) groups excluding carboxylic acids is 2. The molecule has 0 spiro atoms. The number of nitrogens with zero attached hydrogens (tertiary/aromatic N) is 2. The van der Waals surface area contributed by atoms with Gasteiger partial charge >= 0.3 is 0 Å². The molecule has 164 valence electrons. The van der Waals surface area contributed by atoms with E-state index in [0.29, 0.717) is 28.9 Å². The van der Waals surface area contributed by atoms with E-state index >= 15 is 0 Å². The van der Waals surface area contributed by atoms with Crippen molar-refractivity contribution in [1.29, 1.82) is 0 Å². The monoisotopic (exact) mass is 441 g/mol. The molecule has 8 heteroatoms. The number of anilines is 1. The molecule has 7 nitrogen and oxygen atoms in total. The molecule has 2 aromatic carbocycles. The summed E-state index contributed by atoms with van der Waals surface area (Å²) in [5.74, 6) is 0.895. The molecule has 1 fully saturated rings. The molecule has 2 amide bonds. The van der Waals surface area contributed by atoms with Gasteiger partial charge in [0.05, 0.1) is 14.2 Å². The zero-order valence-electron chi connectivity index (χ0n) is 18.4. The van der Waals surface area contributed by atoms with E-state index in [9.17, 15) is 9.59 Å². The van der Waals surface area contributed by atoms with E-state index in [1.807, 2.05) is 39.0 Å². The third kappa shape index (κ3) is 5.38. The van der Waals surface area contributed by atoms with Gasteiger partial charge in [0.2, 0.25) is 11.8 Å². The van der Waals surface area contributed by atoms with Gasteiger partial charge in [-0.3, -0.25) is 14.5 Å². The van der Waals surface area contributed by atoms with Gasteiger partial charge in [-0.05, 0) is 56.2 Å². The van der Waals surface area contributed by atoms with Crippen LogP contribution in [0.25, 0.3) is 0 Å². The molecule has 3 rings (SSSR count). The smallest absolute Gasteiger partial charge is 0.242 e. The van der Waals surface area contributed by atoms with Gasteiger partial charge in [0.1, 0.15) is 22.4 Å². The zero-order chi connectivity index (χ0) is 22.5. The highest BCUT2D eigenvalue weighted by Gasteiger charge is 2.38. The number of ether oxygens (including phenoxy) is 2. The van der Waals surface area contributed by atoms with Crippen molar-refractivity contribution in [2.24, 2.45) is 4.99 Å². The number of carbonyl (C=O) groups is 2. The van der Waals surface area contributed by atoms with Crippen molar-refractivity contribution < 1.29 is 19.1 Å². The van der Waals surface area contributed by atoms with Crippen molar-refractivity contribution in [3.63, 3.8) is 0 Å². The molecule has 31 heavy (non-hydrogen) atoms. The normalized spacial score (nSPS) is 17.2. The molecule has 1 heterocycles. The van der Waals surface area contributed by atoms with Gasteiger partial charge in [-0.25, -0.2) is 4.99 Å². The highest BCUT2D eigenvalue weighted by Crippen LogP contribution is 2.36. The number of methoxy groups -OCH3 is 2. The Labute approximate surface area is 186 Å². The van der Waals surface area contributed by atoms with Crippen LogP contribution in [-0.4, -0.2) is 47.9 Å². The molecule has 1 aliphatic heterocycles. The summed E-state index contributed by atoms with van der Waals surface area (Å²) in [6.45, 7) is 6.31. The third-order valence-electron chi connectivity index (χ3n) is 4.81. The van der Waals surface area contributed by atoms with Crippen molar-refractivity contribution in [2.75, 3.05) is 26.1 Å². The number of amidine groups is 1. The fourth-order valence-electron chi connectivity index (χ4n) is 3.43. The highest BCUT2D eigenvalue weighted by atomic mass is 32.2. The lowest BCUT2D eigenvalue weighted by Gasteiger charge is -2.14. The van der Waals surface area contributed by atoms with Crippen molar-refractivity contribution in [2.45, 2.75) is 32.4 Å². The molecule has 1 atom stereocenters. The number of thioether (sulfide) groups is 1. The maximum Gasteiger partial charge on any atom is 0.242 e. The minimum Gasteiger partial charge on any atom is -0.497 e. The molecule has 1 saturated heterocycles. The minimum atomic E-state index is -0.527. The van der Waals surface area contributed by atoms with E-state index < -0.39 is 5.25 Å². The van der Waals surface area contributed by atoms with E-state index in [1.165, 1.54) is 11.8 Å². The van der Waals surface area contributed by atoms with Crippen molar-refractivity contribution in [1.82, 2.24) is 4.90 Å². The summed E-state index contributed by atoms with van der Waals surface area (Å²) >= 11 is 1.29. The summed E-state index contributed by atoms with van der Waals surface area (Å²) < 4.78 is 10.7. The van der Waals surface area contributed by atoms with Crippen LogP contribution < -0.4 is 14.8 Å². The molecule has 1 unspecified atom stereocenters. The molecule has 0 radical (unpaired) electrons. The van der Waals surface area contributed by atoms with Crippen LogP contribution in [0.2, 0.25) is 0 Å². The van der Waals surface area contributed by atoms with Gasteiger partial charge in [0.25, 0.3) is 0 Å². The second kappa shape index (κ2) is 9.87. The number of hydrogen-bond donors (Lipinski definition) is 1. The summed E-state index contributed by atoms with van der Waals surface area (Å²) in [5.41, 5.74) is 3.44. The Hall–Kier alpha value is -3.00. The van der Waals surface area contributed by atoms with Crippen LogP contribution in [0.15, 0.2) is 41.4 Å². The quantitative estimate of drug-likeness (QED) is 0.693. The van der Waals surface area contributed by atoms with Gasteiger partial charge in [-0.2, -0.15) is 0 Å². The van der Waals surface area contributed by atoms with Gasteiger partial charge in [0, 0.05) is 24.7 Å². The SMILES string of the molecule is CCN1C(=O)C(CC(=O)Nc2cc(C)cc(C)c2)SC1=Nc1cc(OC)ccc1OC. The molecular formula is C23H27N3O4S. The van der Waals surface area contributed by atoms with Crippen molar-refractivity contribution in [3.05, 3.63) is 47.5 Å². The van der Waals surface area contributed by atoms with Crippen LogP contribution in [-0.2, 0) is 9.59 Å². The summed E-state index contributed by atoms with van der Waals surface area (Å²) in [6, 6.07) is 11.2. The molecule has 0 aliphatic carbocycles. The van der Waals surface area contributed by atoms with Crippen molar-refractivity contribution in [3.8, 4) is 11.5 Å². The summed E-state index contributed by atoms with van der Waals surface area (Å²) in [4.78, 5) is 31.8. The summed E-state index contributed by atoms with van der Waals surface area (Å²) in [5, 5.41) is 2.92. The average Bonchev–Trinajstić information content (AvgIpc) is 3.00. The van der Waals surface area contributed by atoms with E-state index in [4.69, 9.17) is 9.47 Å². The fourth-order valence-corrected chi connectivity index (χ4v) is 4.65. The lowest BCUT2D eigenvalue weighted by Crippen LogP contribution is -2.33. The van der Waals surface area contributed by atoms with Gasteiger partial charge < -0.3 is 14.8 Å². The Kier molecular flexibility index (Phi) is 7.22. The first-order chi connectivity index (χ1) is 14.8. The Balaban J connectivity index is 1.78. The largest absolute Gasteiger partial charge is 0.497 e. The maximum atomic E-state index is 12.9. The number of benzene rings is 2. The number of rotatable bonds is 7. The fraction of sp³-hybridized carbons (Fsp3) is 0.348. The average molecular weight is 442 g/mol. The Bertz CT molecular complexity index is 1000. The molecule has 1 N–H and O–H groups in total. The third-order valence-corrected chi connectivity index (χ3v) is 5.99. The van der Waals surface area contributed by atoms with Crippen LogP contribution in [0.1, 0.15) is 24.5 Å². The van der Waals surface area contributed by atoms with Gasteiger partial charge in [-0.1, -0.05) is 17.8 Å². The maximum absolute atomic E-state index is 12.9. The molecule has 0 aromatic heterocycles. The van der Waals surface area contributed by atoms with E-state index in [2.05, 4.69) is 10.3 Å². The summed E-state index contributed by atoms with van der Waals surface area (Å²) in [7, 11) is 3.14. The molecule has 2 aromatic rings. The standard InChI is InChI=1S/C23H27N3O4S/c1-6-26-22(28)20(13-21(27)24-16-10-14(2)9-15(3)11-16)31-23(26)25-18-12-17(29-4)7-8-19(18)30-5/h7-12,20H,6,13H2,1-5H3,(H,24,27). The van der Waals surface area contributed by atoms with Gasteiger partial charge in [0.15, 0.2) is 5.17 Å². The van der Waals surface area contributed by atoms with Crippen LogP contribution in [0.5, 0.6) is 11.5 Å². The number of aryl methyl sites for hydroxylation is 2. The van der Waals surface area contributed by atoms with Crippen LogP contribution in [0, 0.1) is 13.8 Å². The Morgan fingerprint density at radius 2 is 1.84 bits per heavy atom. The van der Waals surface area contributed by atoms with Crippen molar-refractivity contribution >= 4 is 40.1 Å². The molecule has 1 aliphatic rings. The number of aliphatic imine (C=N–C) groups is 1. The van der Waals surface area contributed by atoms with E-state index in [1.54, 1.807) is 37.3 Å². The number of amides is 2. The highest BCUT2D eigenvalue weighted by molar-refractivity contribution is 8.15. The van der Waals surface area contributed by atoms with Gasteiger partial charge in [-0.15, -0.1) is 0 Å². The lowest BCUT2D eigenvalue weighted by molar-refractivity contribution is -0.128. The van der Waals surface area contributed by atoms with Crippen LogP contribution in [0.3, 0.4) is 0 Å². The second-order valence-corrected chi connectivity index (χ2v) is 8.42. The predicted molar refractivity (Wildman–Crippen MR) is 125 cm³/mol. The first-order valence-electron chi connectivity index (χ1n) is 10.0. The first-order valence-corrected chi connectivity index (χ1v) is 10.9. The minimum absolute atomic E-state index is 0.0707. The Morgan fingerprint density at radius 1 is 1.13 bits per heavy atom. The molecular weight excluding hydrogens is 414 g/mol. The number of nitrogens with one attached hydrogen (secondary N) is 1. The predicted octanol–water partition coefficient (Wildman–Crippen LogP) is 4.30. The Morgan fingerprint density at radius 3 is 2.45 bits per heavy atom. The summed E-state index contributed by atoms with van der Waals surface area (Å²) in [6.07, 6.45) is 0.0707.